The molecule has 0 atom stereocenters. The van der Waals surface area contributed by atoms with Crippen molar-refractivity contribution < 1.29 is 9.18 Å². The highest BCUT2D eigenvalue weighted by atomic mass is 35.5. The van der Waals surface area contributed by atoms with Gasteiger partial charge in [0.25, 0.3) is 5.91 Å². The van der Waals surface area contributed by atoms with Crippen LogP contribution in [0.1, 0.15) is 5.56 Å². The SMILES string of the molecule is O=C(CNc1ccc(F)cc1)N/N=C/c1ccc(Cl)cc1. The van der Waals surface area contributed by atoms with Crippen LogP contribution in [0.4, 0.5) is 10.1 Å². The maximum absolute atomic E-state index is 12.7. The monoisotopic (exact) mass is 305 g/mol. The largest absolute Gasteiger partial charge is 0.376 e. The van der Waals surface area contributed by atoms with Gasteiger partial charge in [0.05, 0.1) is 12.8 Å². The van der Waals surface area contributed by atoms with E-state index in [1.165, 1.54) is 18.3 Å². The van der Waals surface area contributed by atoms with Gasteiger partial charge in [-0.25, -0.2) is 9.82 Å². The summed E-state index contributed by atoms with van der Waals surface area (Å²) in [6.07, 6.45) is 1.52. The zero-order valence-corrected chi connectivity index (χ0v) is 11.8. The van der Waals surface area contributed by atoms with Crippen LogP contribution < -0.4 is 10.7 Å². The Balaban J connectivity index is 1.77. The van der Waals surface area contributed by atoms with Crippen molar-refractivity contribution in [1.82, 2.24) is 5.43 Å². The molecule has 2 aromatic rings. The summed E-state index contributed by atoms with van der Waals surface area (Å²) in [5.41, 5.74) is 3.87. The van der Waals surface area contributed by atoms with Crippen LogP contribution >= 0.6 is 11.6 Å². The third-order valence-electron chi connectivity index (χ3n) is 2.57. The Labute approximate surface area is 126 Å². The number of hydrogen-bond acceptors (Lipinski definition) is 3. The quantitative estimate of drug-likeness (QED) is 0.659. The number of nitrogens with zero attached hydrogens (tertiary/aromatic N) is 1. The van der Waals surface area contributed by atoms with Gasteiger partial charge in [0.15, 0.2) is 0 Å². The van der Waals surface area contributed by atoms with E-state index in [-0.39, 0.29) is 18.3 Å². The second kappa shape index (κ2) is 7.40. The summed E-state index contributed by atoms with van der Waals surface area (Å²) in [4.78, 5) is 11.5. The highest BCUT2D eigenvalue weighted by Gasteiger charge is 1.99. The molecule has 0 radical (unpaired) electrons. The maximum atomic E-state index is 12.7. The van der Waals surface area contributed by atoms with E-state index in [0.717, 1.165) is 5.56 Å². The van der Waals surface area contributed by atoms with Crippen molar-refractivity contribution in [1.29, 1.82) is 0 Å². The van der Waals surface area contributed by atoms with Crippen molar-refractivity contribution in [3.8, 4) is 0 Å². The molecular weight excluding hydrogens is 293 g/mol. The Hall–Kier alpha value is -2.40. The van der Waals surface area contributed by atoms with E-state index in [0.29, 0.717) is 10.7 Å². The average molecular weight is 306 g/mol. The van der Waals surface area contributed by atoms with E-state index in [4.69, 9.17) is 11.6 Å². The summed E-state index contributed by atoms with van der Waals surface area (Å²) in [6, 6.07) is 12.8. The second-order valence-corrected chi connectivity index (χ2v) is 4.64. The number of benzene rings is 2. The zero-order chi connectivity index (χ0) is 15.1. The predicted octanol–water partition coefficient (Wildman–Crippen LogP) is 3.04. The Kier molecular flexibility index (Phi) is 5.29. The van der Waals surface area contributed by atoms with Gasteiger partial charge in [-0.15, -0.1) is 0 Å². The first-order valence-electron chi connectivity index (χ1n) is 6.20. The molecule has 0 fully saturated rings. The predicted molar refractivity (Wildman–Crippen MR) is 82.1 cm³/mol. The molecule has 0 unspecified atom stereocenters. The molecule has 1 amide bonds. The lowest BCUT2D eigenvalue weighted by Gasteiger charge is -2.04. The number of carbonyl (C=O) groups excluding carboxylic acids is 1. The number of anilines is 1. The minimum absolute atomic E-state index is 0.0452. The fourth-order valence-corrected chi connectivity index (χ4v) is 1.64. The van der Waals surface area contributed by atoms with E-state index >= 15 is 0 Å². The molecule has 2 N–H and O–H groups in total. The number of nitrogens with one attached hydrogen (secondary N) is 2. The van der Waals surface area contributed by atoms with Gasteiger partial charge in [0.1, 0.15) is 5.82 Å². The fourth-order valence-electron chi connectivity index (χ4n) is 1.52. The molecule has 0 aliphatic carbocycles. The molecule has 0 spiro atoms. The van der Waals surface area contributed by atoms with Crippen LogP contribution in [0.25, 0.3) is 0 Å². The summed E-state index contributed by atoms with van der Waals surface area (Å²) in [5, 5.41) is 7.33. The van der Waals surface area contributed by atoms with E-state index in [1.54, 1.807) is 36.4 Å². The highest BCUT2D eigenvalue weighted by molar-refractivity contribution is 6.30. The summed E-state index contributed by atoms with van der Waals surface area (Å²) in [7, 11) is 0. The number of rotatable bonds is 5. The van der Waals surface area contributed by atoms with Gasteiger partial charge in [-0.1, -0.05) is 23.7 Å². The number of hydrogen-bond donors (Lipinski definition) is 2. The molecule has 0 saturated heterocycles. The summed E-state index contributed by atoms with van der Waals surface area (Å²) in [5.74, 6) is -0.623. The number of hydrazone groups is 1. The molecule has 6 heteroatoms. The molecule has 0 bridgehead atoms. The van der Waals surface area contributed by atoms with Crippen molar-refractivity contribution in [3.63, 3.8) is 0 Å². The van der Waals surface area contributed by atoms with Crippen LogP contribution in [-0.4, -0.2) is 18.7 Å². The van der Waals surface area contributed by atoms with Gasteiger partial charge in [-0.3, -0.25) is 4.79 Å². The van der Waals surface area contributed by atoms with Gasteiger partial charge >= 0.3 is 0 Å². The van der Waals surface area contributed by atoms with Gasteiger partial charge in [0, 0.05) is 10.7 Å². The lowest BCUT2D eigenvalue weighted by Crippen LogP contribution is -2.25. The van der Waals surface area contributed by atoms with Gasteiger partial charge in [-0.05, 0) is 42.0 Å². The third kappa shape index (κ3) is 5.24. The molecule has 0 saturated carbocycles. The van der Waals surface area contributed by atoms with E-state index in [9.17, 15) is 9.18 Å². The van der Waals surface area contributed by atoms with Crippen LogP contribution in [0.5, 0.6) is 0 Å². The lowest BCUT2D eigenvalue weighted by molar-refractivity contribution is -0.119. The first-order valence-corrected chi connectivity index (χ1v) is 6.58. The Bertz CT molecular complexity index is 626. The van der Waals surface area contributed by atoms with E-state index < -0.39 is 0 Å². The highest BCUT2D eigenvalue weighted by Crippen LogP contribution is 2.08. The summed E-state index contributed by atoms with van der Waals surface area (Å²) in [6.45, 7) is 0.0452. The Morgan fingerprint density at radius 2 is 1.81 bits per heavy atom. The molecule has 0 aromatic heterocycles. The van der Waals surface area contributed by atoms with Crippen LogP contribution in [0.3, 0.4) is 0 Å². The second-order valence-electron chi connectivity index (χ2n) is 4.21. The van der Waals surface area contributed by atoms with Crippen molar-refractivity contribution in [2.24, 2.45) is 5.10 Å². The van der Waals surface area contributed by atoms with Crippen LogP contribution in [0, 0.1) is 5.82 Å². The molecular formula is C15H13ClFN3O. The number of carbonyl (C=O) groups is 1. The molecule has 2 aromatic carbocycles. The van der Waals surface area contributed by atoms with Crippen LogP contribution in [-0.2, 0) is 4.79 Å². The average Bonchev–Trinajstić information content (AvgIpc) is 2.49. The first kappa shape index (κ1) is 15.0. The third-order valence-corrected chi connectivity index (χ3v) is 2.82. The van der Waals surface area contributed by atoms with Crippen molar-refractivity contribution in [2.45, 2.75) is 0 Å². The molecule has 0 aliphatic rings. The molecule has 4 nitrogen and oxygen atoms in total. The van der Waals surface area contributed by atoms with E-state index in [1.807, 2.05) is 0 Å². The first-order chi connectivity index (χ1) is 10.1. The maximum Gasteiger partial charge on any atom is 0.259 e. The van der Waals surface area contributed by atoms with Gasteiger partial charge in [-0.2, -0.15) is 5.10 Å². The van der Waals surface area contributed by atoms with Crippen molar-refractivity contribution in [3.05, 3.63) is 64.9 Å². The number of halogens is 2. The van der Waals surface area contributed by atoms with E-state index in [2.05, 4.69) is 15.8 Å². The van der Waals surface area contributed by atoms with Crippen molar-refractivity contribution >= 4 is 29.4 Å². The van der Waals surface area contributed by atoms with Crippen LogP contribution in [0.15, 0.2) is 53.6 Å². The fraction of sp³-hybridized carbons (Fsp3) is 0.0667. The minimum Gasteiger partial charge on any atom is -0.376 e. The molecule has 0 aliphatic heterocycles. The normalized spacial score (nSPS) is 10.6. The molecule has 2 rings (SSSR count). The summed E-state index contributed by atoms with van der Waals surface area (Å²) < 4.78 is 12.7. The lowest BCUT2D eigenvalue weighted by atomic mass is 10.2. The molecule has 0 heterocycles. The molecule has 21 heavy (non-hydrogen) atoms. The van der Waals surface area contributed by atoms with Gasteiger partial charge in [0.2, 0.25) is 0 Å². The van der Waals surface area contributed by atoms with Crippen molar-refractivity contribution in [2.75, 3.05) is 11.9 Å². The molecule has 108 valence electrons. The topological polar surface area (TPSA) is 53.5 Å². The zero-order valence-electron chi connectivity index (χ0n) is 11.0. The summed E-state index contributed by atoms with van der Waals surface area (Å²) >= 11 is 5.76. The van der Waals surface area contributed by atoms with Gasteiger partial charge < -0.3 is 5.32 Å². The number of amides is 1. The van der Waals surface area contributed by atoms with Crippen LogP contribution in [0.2, 0.25) is 5.02 Å². The smallest absolute Gasteiger partial charge is 0.259 e. The Morgan fingerprint density at radius 1 is 1.14 bits per heavy atom. The minimum atomic E-state index is -0.322. The Morgan fingerprint density at radius 3 is 2.48 bits per heavy atom. The standard InChI is InChI=1S/C15H13ClFN3O/c16-12-3-1-11(2-4-12)9-19-20-15(21)10-18-14-7-5-13(17)6-8-14/h1-9,18H,10H2,(H,20,21)/b19-9+.